The normalized spacial score (nSPS) is 19.3. The Labute approximate surface area is 111 Å². The summed E-state index contributed by atoms with van der Waals surface area (Å²) in [5.74, 6) is 0.212. The molecule has 1 aromatic carbocycles. The molecule has 2 rings (SSSR count). The average molecular weight is 318 g/mol. The molecule has 0 bridgehead atoms. The van der Waals surface area contributed by atoms with Gasteiger partial charge in [-0.15, -0.1) is 0 Å². The smallest absolute Gasteiger partial charge is 0.211 e. The number of rotatable bonds is 4. The van der Waals surface area contributed by atoms with E-state index in [4.69, 9.17) is 0 Å². The third-order valence-corrected chi connectivity index (χ3v) is 5.05. The van der Waals surface area contributed by atoms with Crippen molar-refractivity contribution in [2.24, 2.45) is 0 Å². The largest absolute Gasteiger partial charge is 0.212 e. The molecule has 3 nitrogen and oxygen atoms in total. The zero-order chi connectivity index (χ0) is 12.5. The van der Waals surface area contributed by atoms with Gasteiger partial charge in [0.25, 0.3) is 0 Å². The number of fused-ring (bicyclic) bond motifs is 1. The summed E-state index contributed by atoms with van der Waals surface area (Å²) in [7, 11) is -3.10. The summed E-state index contributed by atoms with van der Waals surface area (Å²) >= 11 is 3.43. The standard InChI is InChI=1S/C12H16BrNO2S/c1-2-5-17(15,16)14-12-7-9-3-4-11(13)6-10(9)8-12/h3-4,6,12,14H,2,5,7-8H2,1H3. The second-order valence-corrected chi connectivity index (χ2v) is 7.24. The van der Waals surface area contributed by atoms with E-state index in [1.54, 1.807) is 0 Å². The first kappa shape index (κ1) is 13.1. The average Bonchev–Trinajstić information content (AvgIpc) is 2.57. The molecule has 5 heteroatoms. The van der Waals surface area contributed by atoms with Gasteiger partial charge in [0, 0.05) is 10.5 Å². The highest BCUT2D eigenvalue weighted by molar-refractivity contribution is 9.10. The fourth-order valence-corrected chi connectivity index (χ4v) is 3.99. The predicted octanol–water partition coefficient (Wildman–Crippen LogP) is 2.25. The molecular formula is C12H16BrNO2S. The van der Waals surface area contributed by atoms with Crippen molar-refractivity contribution in [3.63, 3.8) is 0 Å². The molecule has 0 radical (unpaired) electrons. The summed E-state index contributed by atoms with van der Waals surface area (Å²) in [5, 5.41) is 0. The van der Waals surface area contributed by atoms with Gasteiger partial charge in [0.2, 0.25) is 10.0 Å². The first-order chi connectivity index (χ1) is 8.00. The van der Waals surface area contributed by atoms with Crippen LogP contribution in [0.4, 0.5) is 0 Å². The van der Waals surface area contributed by atoms with E-state index in [2.05, 4.69) is 32.8 Å². The van der Waals surface area contributed by atoms with Crippen LogP contribution in [0.1, 0.15) is 24.5 Å². The molecule has 0 saturated heterocycles. The quantitative estimate of drug-likeness (QED) is 0.925. The fourth-order valence-electron chi connectivity index (χ4n) is 2.25. The van der Waals surface area contributed by atoms with Crippen molar-refractivity contribution in [1.29, 1.82) is 0 Å². The zero-order valence-corrected chi connectivity index (χ0v) is 12.1. The minimum Gasteiger partial charge on any atom is -0.212 e. The van der Waals surface area contributed by atoms with Crippen molar-refractivity contribution >= 4 is 26.0 Å². The number of halogens is 1. The molecule has 1 aromatic rings. The van der Waals surface area contributed by atoms with Gasteiger partial charge >= 0.3 is 0 Å². The van der Waals surface area contributed by atoms with Crippen LogP contribution in [0.3, 0.4) is 0 Å². The van der Waals surface area contributed by atoms with Gasteiger partial charge < -0.3 is 0 Å². The molecule has 0 fully saturated rings. The highest BCUT2D eigenvalue weighted by Crippen LogP contribution is 2.25. The maximum absolute atomic E-state index is 11.7. The fraction of sp³-hybridized carbons (Fsp3) is 0.500. The van der Waals surface area contributed by atoms with Crippen LogP contribution >= 0.6 is 15.9 Å². The Hall–Kier alpha value is -0.390. The van der Waals surface area contributed by atoms with E-state index < -0.39 is 10.0 Å². The van der Waals surface area contributed by atoms with Gasteiger partial charge in [0.05, 0.1) is 5.75 Å². The van der Waals surface area contributed by atoms with Crippen LogP contribution in [0.2, 0.25) is 0 Å². The molecule has 0 spiro atoms. The molecule has 1 N–H and O–H groups in total. The Morgan fingerprint density at radius 3 is 2.76 bits per heavy atom. The summed E-state index contributed by atoms with van der Waals surface area (Å²) in [6, 6.07) is 6.16. The number of benzene rings is 1. The lowest BCUT2D eigenvalue weighted by Crippen LogP contribution is -2.36. The molecular weight excluding hydrogens is 302 g/mol. The molecule has 1 unspecified atom stereocenters. The van der Waals surface area contributed by atoms with Crippen LogP contribution in [-0.2, 0) is 22.9 Å². The number of sulfonamides is 1. The van der Waals surface area contributed by atoms with Crippen LogP contribution in [-0.4, -0.2) is 20.2 Å². The Morgan fingerprint density at radius 1 is 1.35 bits per heavy atom. The van der Waals surface area contributed by atoms with Gasteiger partial charge in [0.1, 0.15) is 0 Å². The third-order valence-electron chi connectivity index (χ3n) is 2.92. The van der Waals surface area contributed by atoms with Gasteiger partial charge in [-0.05, 0) is 42.5 Å². The molecule has 0 amide bonds. The summed E-state index contributed by atoms with van der Waals surface area (Å²) in [5.41, 5.74) is 2.49. The Bertz CT molecular complexity index is 513. The van der Waals surface area contributed by atoms with Crippen molar-refractivity contribution < 1.29 is 8.42 Å². The SMILES string of the molecule is CCCS(=O)(=O)NC1Cc2ccc(Br)cc2C1. The molecule has 0 saturated carbocycles. The summed E-state index contributed by atoms with van der Waals surface area (Å²) in [6.45, 7) is 1.87. The van der Waals surface area contributed by atoms with Crippen LogP contribution < -0.4 is 4.72 Å². The Kier molecular flexibility index (Phi) is 3.90. The Morgan fingerprint density at radius 2 is 2.06 bits per heavy atom. The zero-order valence-electron chi connectivity index (χ0n) is 9.74. The van der Waals surface area contributed by atoms with E-state index >= 15 is 0 Å². The second-order valence-electron chi connectivity index (χ2n) is 4.45. The summed E-state index contributed by atoms with van der Waals surface area (Å²) in [4.78, 5) is 0. The van der Waals surface area contributed by atoms with Crippen molar-refractivity contribution in [1.82, 2.24) is 4.72 Å². The van der Waals surface area contributed by atoms with E-state index in [1.165, 1.54) is 11.1 Å². The first-order valence-corrected chi connectivity index (χ1v) is 8.22. The van der Waals surface area contributed by atoms with E-state index in [0.717, 1.165) is 17.3 Å². The van der Waals surface area contributed by atoms with Crippen molar-refractivity contribution in [2.45, 2.75) is 32.2 Å². The Balaban J connectivity index is 2.06. The number of nitrogens with one attached hydrogen (secondary N) is 1. The lowest BCUT2D eigenvalue weighted by molar-refractivity contribution is 0.554. The second kappa shape index (κ2) is 5.08. The van der Waals surface area contributed by atoms with Gasteiger partial charge in [-0.3, -0.25) is 0 Å². The molecule has 1 aliphatic rings. The van der Waals surface area contributed by atoms with Gasteiger partial charge in [-0.1, -0.05) is 28.9 Å². The predicted molar refractivity (Wildman–Crippen MR) is 72.6 cm³/mol. The summed E-state index contributed by atoms with van der Waals surface area (Å²) < 4.78 is 27.2. The van der Waals surface area contributed by atoms with Gasteiger partial charge in [0.15, 0.2) is 0 Å². The molecule has 1 atom stereocenters. The minimum absolute atomic E-state index is 0.0239. The molecule has 0 aliphatic heterocycles. The lowest BCUT2D eigenvalue weighted by atomic mass is 10.1. The molecule has 0 aromatic heterocycles. The van der Waals surface area contributed by atoms with Crippen molar-refractivity contribution in [3.05, 3.63) is 33.8 Å². The van der Waals surface area contributed by atoms with E-state index in [0.29, 0.717) is 6.42 Å². The van der Waals surface area contributed by atoms with Crippen LogP contribution in [0, 0.1) is 0 Å². The molecule has 1 aliphatic carbocycles. The minimum atomic E-state index is -3.10. The van der Waals surface area contributed by atoms with Gasteiger partial charge in [-0.2, -0.15) is 0 Å². The van der Waals surface area contributed by atoms with Crippen LogP contribution in [0.5, 0.6) is 0 Å². The van der Waals surface area contributed by atoms with E-state index in [1.807, 2.05) is 13.0 Å². The van der Waals surface area contributed by atoms with Crippen molar-refractivity contribution in [2.75, 3.05) is 5.75 Å². The molecule has 17 heavy (non-hydrogen) atoms. The van der Waals surface area contributed by atoms with Crippen LogP contribution in [0.15, 0.2) is 22.7 Å². The molecule has 94 valence electrons. The topological polar surface area (TPSA) is 46.2 Å². The maximum atomic E-state index is 11.7. The molecule has 0 heterocycles. The van der Waals surface area contributed by atoms with Crippen LogP contribution in [0.25, 0.3) is 0 Å². The van der Waals surface area contributed by atoms with E-state index in [-0.39, 0.29) is 11.8 Å². The summed E-state index contributed by atoms with van der Waals surface area (Å²) in [6.07, 6.45) is 2.24. The monoisotopic (exact) mass is 317 g/mol. The van der Waals surface area contributed by atoms with Crippen molar-refractivity contribution in [3.8, 4) is 0 Å². The first-order valence-electron chi connectivity index (χ1n) is 5.77. The van der Waals surface area contributed by atoms with Gasteiger partial charge in [-0.25, -0.2) is 13.1 Å². The third kappa shape index (κ3) is 3.30. The maximum Gasteiger partial charge on any atom is 0.211 e. The van der Waals surface area contributed by atoms with E-state index in [9.17, 15) is 8.42 Å². The highest BCUT2D eigenvalue weighted by Gasteiger charge is 2.25. The number of hydrogen-bond donors (Lipinski definition) is 1. The number of hydrogen-bond acceptors (Lipinski definition) is 2. The lowest BCUT2D eigenvalue weighted by Gasteiger charge is -2.11. The highest BCUT2D eigenvalue weighted by atomic mass is 79.9.